The molecule has 2 aliphatic rings. The number of rotatable bonds is 8. The maximum absolute atomic E-state index is 13.8. The van der Waals surface area contributed by atoms with Gasteiger partial charge in [-0.3, -0.25) is 9.59 Å². The first-order valence-electron chi connectivity index (χ1n) is 13.1. The van der Waals surface area contributed by atoms with Gasteiger partial charge in [-0.25, -0.2) is 0 Å². The van der Waals surface area contributed by atoms with Crippen molar-refractivity contribution in [1.29, 1.82) is 5.26 Å². The summed E-state index contributed by atoms with van der Waals surface area (Å²) in [6, 6.07) is 10.3. The lowest BCUT2D eigenvalue weighted by atomic mass is 9.91. The zero-order valence-corrected chi connectivity index (χ0v) is 21.7. The Labute approximate surface area is 217 Å². The summed E-state index contributed by atoms with van der Waals surface area (Å²) in [7, 11) is 0. The van der Waals surface area contributed by atoms with Crippen molar-refractivity contribution < 1.29 is 18.9 Å². The number of carbonyl (C=O) groups is 3. The van der Waals surface area contributed by atoms with E-state index in [2.05, 4.69) is 21.4 Å². The van der Waals surface area contributed by atoms with E-state index in [0.717, 1.165) is 44.2 Å². The van der Waals surface area contributed by atoms with Crippen molar-refractivity contribution in [2.75, 3.05) is 24.5 Å². The molecule has 2 aliphatic heterocycles. The lowest BCUT2D eigenvalue weighted by Gasteiger charge is -2.30. The Morgan fingerprint density at radius 3 is 2.46 bits per heavy atom. The lowest BCUT2D eigenvalue weighted by Crippen LogP contribution is -2.48. The fourth-order valence-electron chi connectivity index (χ4n) is 5.30. The molecule has 2 saturated heterocycles. The summed E-state index contributed by atoms with van der Waals surface area (Å²) in [6.07, 6.45) is 3.95. The average molecular weight is 506 g/mol. The van der Waals surface area contributed by atoms with Crippen molar-refractivity contribution in [3.8, 4) is 6.07 Å². The molecule has 0 saturated carbocycles. The molecule has 0 aliphatic carbocycles. The summed E-state index contributed by atoms with van der Waals surface area (Å²) >= 11 is 0. The van der Waals surface area contributed by atoms with Gasteiger partial charge in [-0.05, 0) is 56.2 Å². The largest absolute Gasteiger partial charge is 0.358 e. The molecule has 3 heterocycles. The molecule has 37 heavy (non-hydrogen) atoms. The summed E-state index contributed by atoms with van der Waals surface area (Å²) < 4.78 is 5.68. The van der Waals surface area contributed by atoms with Gasteiger partial charge in [0.25, 0.3) is 0 Å². The fraction of sp³-hybridized carbons (Fsp3) is 0.536. The van der Waals surface area contributed by atoms with Gasteiger partial charge in [0.15, 0.2) is 11.6 Å². The summed E-state index contributed by atoms with van der Waals surface area (Å²) in [5, 5.41) is 16.3. The monoisotopic (exact) mass is 505 g/mol. The van der Waals surface area contributed by atoms with E-state index in [1.54, 1.807) is 17.0 Å². The van der Waals surface area contributed by atoms with Gasteiger partial charge < -0.3 is 24.4 Å². The zero-order valence-electron chi connectivity index (χ0n) is 21.7. The highest BCUT2D eigenvalue weighted by Crippen LogP contribution is 2.33. The summed E-state index contributed by atoms with van der Waals surface area (Å²) in [4.78, 5) is 41.8. The van der Waals surface area contributed by atoms with Crippen molar-refractivity contribution in [1.82, 2.24) is 15.4 Å². The van der Waals surface area contributed by atoms with Crippen LogP contribution in [0.25, 0.3) is 0 Å². The number of aldehydes is 1. The smallest absolute Gasteiger partial charge is 0.243 e. The molecule has 9 heteroatoms. The highest BCUT2D eigenvalue weighted by molar-refractivity contribution is 5.91. The van der Waals surface area contributed by atoms with Crippen LogP contribution in [0.5, 0.6) is 0 Å². The highest BCUT2D eigenvalue weighted by atomic mass is 16.5. The molecule has 0 spiro atoms. The highest BCUT2D eigenvalue weighted by Gasteiger charge is 2.40. The third kappa shape index (κ3) is 5.85. The molecule has 0 bridgehead atoms. The van der Waals surface area contributed by atoms with E-state index in [4.69, 9.17) is 9.78 Å². The second-order valence-corrected chi connectivity index (χ2v) is 10.4. The van der Waals surface area contributed by atoms with Crippen LogP contribution < -0.4 is 10.2 Å². The second kappa shape index (κ2) is 11.6. The van der Waals surface area contributed by atoms with E-state index in [1.807, 2.05) is 39.0 Å². The van der Waals surface area contributed by atoms with Crippen LogP contribution in [-0.2, 0) is 14.4 Å². The first kappa shape index (κ1) is 26.4. The molecule has 1 N–H and O–H groups in total. The van der Waals surface area contributed by atoms with Gasteiger partial charge in [0, 0.05) is 31.6 Å². The molecule has 4 rings (SSSR count). The van der Waals surface area contributed by atoms with E-state index in [-0.39, 0.29) is 29.7 Å². The number of likely N-dealkylation sites (tertiary alicyclic amines) is 1. The molecule has 196 valence electrons. The van der Waals surface area contributed by atoms with Crippen molar-refractivity contribution >= 4 is 23.9 Å². The molecule has 0 radical (unpaired) electrons. The molecular weight excluding hydrogens is 470 g/mol. The number of nitriles is 1. The number of nitrogens with one attached hydrogen (secondary N) is 1. The zero-order chi connectivity index (χ0) is 26.5. The third-order valence-electron chi connectivity index (χ3n) is 7.55. The number of amides is 2. The van der Waals surface area contributed by atoms with Gasteiger partial charge in [-0.15, -0.1) is 0 Å². The summed E-state index contributed by atoms with van der Waals surface area (Å²) in [5.74, 6) is 0.386. The van der Waals surface area contributed by atoms with E-state index in [9.17, 15) is 14.4 Å². The number of nitrogens with zero attached hydrogens (tertiary/aromatic N) is 4. The molecular formula is C28H35N5O4. The maximum atomic E-state index is 13.8. The van der Waals surface area contributed by atoms with Gasteiger partial charge in [0.1, 0.15) is 18.2 Å². The first-order chi connectivity index (χ1) is 17.8. The Morgan fingerprint density at radius 2 is 1.84 bits per heavy atom. The number of aromatic nitrogens is 1. The standard InChI is InChI=1S/C28H35N5O4/c1-18(2)26(24-15-25(31-37-24)32-13-10-21(17-34)11-14-32)28(36)33-12-4-5-23(33)27(35)30-19(3)22-8-6-20(16-29)7-9-22/h6-9,15,17-19,21,23,26H,4-5,10-14H2,1-3H3,(H,30,35)/t19-,23-,26+/m0/s1. The molecule has 2 aromatic rings. The van der Waals surface area contributed by atoms with E-state index < -0.39 is 12.0 Å². The van der Waals surface area contributed by atoms with E-state index in [1.165, 1.54) is 0 Å². The molecule has 2 fully saturated rings. The molecule has 3 atom stereocenters. The minimum atomic E-state index is -0.543. The molecule has 1 aromatic heterocycles. The number of piperidine rings is 1. The Morgan fingerprint density at radius 1 is 1.14 bits per heavy atom. The van der Waals surface area contributed by atoms with Crippen LogP contribution in [0.3, 0.4) is 0 Å². The number of hydrogen-bond donors (Lipinski definition) is 1. The lowest BCUT2D eigenvalue weighted by molar-refractivity contribution is -0.141. The first-order valence-corrected chi connectivity index (χ1v) is 13.1. The van der Waals surface area contributed by atoms with Gasteiger partial charge in [-0.2, -0.15) is 5.26 Å². The molecule has 0 unspecified atom stereocenters. The van der Waals surface area contributed by atoms with Gasteiger partial charge in [-0.1, -0.05) is 31.1 Å². The summed E-state index contributed by atoms with van der Waals surface area (Å²) in [5.41, 5.74) is 1.46. The maximum Gasteiger partial charge on any atom is 0.243 e. The normalized spacial score (nSPS) is 19.9. The third-order valence-corrected chi connectivity index (χ3v) is 7.55. The molecule has 2 amide bonds. The topological polar surface area (TPSA) is 120 Å². The summed E-state index contributed by atoms with van der Waals surface area (Å²) in [6.45, 7) is 7.80. The van der Waals surface area contributed by atoms with Crippen molar-refractivity contribution in [2.45, 2.75) is 64.5 Å². The quantitative estimate of drug-likeness (QED) is 0.545. The van der Waals surface area contributed by atoms with Crippen LogP contribution in [-0.4, -0.2) is 53.8 Å². The molecule has 1 aromatic carbocycles. The Balaban J connectivity index is 1.44. The predicted octanol–water partition coefficient (Wildman–Crippen LogP) is 3.57. The van der Waals surface area contributed by atoms with Gasteiger partial charge >= 0.3 is 0 Å². The van der Waals surface area contributed by atoms with Crippen LogP contribution in [0, 0.1) is 23.2 Å². The number of benzene rings is 1. The Hall–Kier alpha value is -3.67. The van der Waals surface area contributed by atoms with Crippen LogP contribution in [0.2, 0.25) is 0 Å². The number of carbonyl (C=O) groups excluding carboxylic acids is 3. The fourth-order valence-corrected chi connectivity index (χ4v) is 5.30. The molecule has 9 nitrogen and oxygen atoms in total. The second-order valence-electron chi connectivity index (χ2n) is 10.4. The SMILES string of the molecule is CC(C)[C@@H](C(=O)N1CCC[C@H]1C(=O)N[C@@H](C)c1ccc(C#N)cc1)c1cc(N2CCC(C=O)CC2)no1. The van der Waals surface area contributed by atoms with Gasteiger partial charge in [0.2, 0.25) is 11.8 Å². The van der Waals surface area contributed by atoms with Crippen molar-refractivity contribution in [2.24, 2.45) is 11.8 Å². The van der Waals surface area contributed by atoms with Crippen LogP contribution in [0.15, 0.2) is 34.9 Å². The van der Waals surface area contributed by atoms with Crippen LogP contribution in [0.4, 0.5) is 5.82 Å². The average Bonchev–Trinajstić information content (AvgIpc) is 3.59. The van der Waals surface area contributed by atoms with E-state index >= 15 is 0 Å². The minimum Gasteiger partial charge on any atom is -0.358 e. The van der Waals surface area contributed by atoms with Crippen molar-refractivity contribution in [3.63, 3.8) is 0 Å². The van der Waals surface area contributed by atoms with E-state index in [0.29, 0.717) is 30.1 Å². The minimum absolute atomic E-state index is 0.0454. The van der Waals surface area contributed by atoms with Crippen molar-refractivity contribution in [3.05, 3.63) is 47.2 Å². The number of hydrogen-bond acceptors (Lipinski definition) is 7. The Bertz CT molecular complexity index is 1140. The van der Waals surface area contributed by atoms with Gasteiger partial charge in [0.05, 0.1) is 17.7 Å². The van der Waals surface area contributed by atoms with Crippen LogP contribution >= 0.6 is 0 Å². The van der Waals surface area contributed by atoms with Crippen LogP contribution in [0.1, 0.15) is 75.3 Å². The Kier molecular flexibility index (Phi) is 8.27. The number of anilines is 1. The predicted molar refractivity (Wildman–Crippen MR) is 138 cm³/mol.